The third kappa shape index (κ3) is 4.93. The second-order valence-corrected chi connectivity index (χ2v) is 10.1. The number of esters is 1. The third-order valence-electron chi connectivity index (χ3n) is 4.73. The molecule has 0 aliphatic heterocycles. The van der Waals surface area contributed by atoms with Crippen molar-refractivity contribution in [2.24, 2.45) is 5.14 Å². The number of thiophene rings is 1. The van der Waals surface area contributed by atoms with Crippen molar-refractivity contribution >= 4 is 55.2 Å². The van der Waals surface area contributed by atoms with Gasteiger partial charge in [-0.2, -0.15) is 0 Å². The van der Waals surface area contributed by atoms with Crippen molar-refractivity contribution in [1.82, 2.24) is 9.55 Å². The number of nitrogens with two attached hydrogens (primary N) is 1. The Morgan fingerprint density at radius 3 is 2.41 bits per heavy atom. The van der Waals surface area contributed by atoms with Crippen molar-refractivity contribution in [2.45, 2.75) is 4.90 Å². The van der Waals surface area contributed by atoms with Crippen LogP contribution in [-0.2, 0) is 19.6 Å². The quantitative estimate of drug-likeness (QED) is 0.373. The SMILES string of the molecule is CN(C)c1nc2cc(C(=O)OCC(=O)Nc3ccc(S(N)(=O)=O)cc3)sc2n1-c1ccccc1. The highest BCUT2D eigenvalue weighted by atomic mass is 32.2. The van der Waals surface area contributed by atoms with E-state index in [1.165, 1.54) is 35.6 Å². The number of primary sulfonamides is 1. The van der Waals surface area contributed by atoms with Crippen LogP contribution in [0.3, 0.4) is 0 Å². The summed E-state index contributed by atoms with van der Waals surface area (Å²) in [5.74, 6) is -0.492. The second kappa shape index (κ2) is 9.25. The summed E-state index contributed by atoms with van der Waals surface area (Å²) in [6.45, 7) is -0.507. The number of nitrogens with one attached hydrogen (secondary N) is 1. The lowest BCUT2D eigenvalue weighted by molar-refractivity contribution is -0.119. The van der Waals surface area contributed by atoms with Gasteiger partial charge in [0.05, 0.1) is 4.90 Å². The van der Waals surface area contributed by atoms with Crippen molar-refractivity contribution in [1.29, 1.82) is 0 Å². The van der Waals surface area contributed by atoms with Gasteiger partial charge in [0.25, 0.3) is 5.91 Å². The van der Waals surface area contributed by atoms with Crippen LogP contribution in [0.2, 0.25) is 0 Å². The van der Waals surface area contributed by atoms with Gasteiger partial charge >= 0.3 is 5.97 Å². The van der Waals surface area contributed by atoms with E-state index < -0.39 is 28.5 Å². The number of carbonyl (C=O) groups excluding carboxylic acids is 2. The molecule has 10 nitrogen and oxygen atoms in total. The molecule has 0 bridgehead atoms. The Balaban J connectivity index is 1.46. The van der Waals surface area contributed by atoms with Crippen molar-refractivity contribution in [2.75, 3.05) is 30.9 Å². The summed E-state index contributed by atoms with van der Waals surface area (Å²) < 4.78 is 29.7. The standard InChI is InChI=1S/C22H21N5O5S2/c1-26(2)22-25-17-12-18(33-20(17)27(22)15-6-4-3-5-7-15)21(29)32-13-19(28)24-14-8-10-16(11-9-14)34(23,30)31/h3-12H,13H2,1-2H3,(H,24,28)(H2,23,30,31). The fourth-order valence-electron chi connectivity index (χ4n) is 3.20. The van der Waals surface area contributed by atoms with Gasteiger partial charge in [-0.25, -0.2) is 23.3 Å². The summed E-state index contributed by atoms with van der Waals surface area (Å²) >= 11 is 1.22. The van der Waals surface area contributed by atoms with Gasteiger partial charge in [-0.15, -0.1) is 11.3 Å². The van der Waals surface area contributed by atoms with Crippen LogP contribution >= 0.6 is 11.3 Å². The molecule has 2 heterocycles. The first-order valence-electron chi connectivity index (χ1n) is 9.98. The molecule has 0 unspecified atom stereocenters. The first kappa shape index (κ1) is 23.4. The molecule has 0 atom stereocenters. The maximum absolute atomic E-state index is 12.6. The minimum atomic E-state index is -3.83. The maximum Gasteiger partial charge on any atom is 0.348 e. The average Bonchev–Trinajstić information content (AvgIpc) is 3.36. The highest BCUT2D eigenvalue weighted by Gasteiger charge is 2.21. The number of hydrogen-bond acceptors (Lipinski definition) is 8. The summed E-state index contributed by atoms with van der Waals surface area (Å²) in [4.78, 5) is 32.3. The Morgan fingerprint density at radius 1 is 1.12 bits per heavy atom. The molecule has 34 heavy (non-hydrogen) atoms. The molecule has 0 fully saturated rings. The van der Waals surface area contributed by atoms with Crippen LogP contribution in [0.4, 0.5) is 11.6 Å². The molecule has 12 heteroatoms. The van der Waals surface area contributed by atoms with Gasteiger partial charge in [0.1, 0.15) is 15.2 Å². The largest absolute Gasteiger partial charge is 0.451 e. The van der Waals surface area contributed by atoms with Gasteiger partial charge in [-0.1, -0.05) is 18.2 Å². The van der Waals surface area contributed by atoms with Gasteiger partial charge < -0.3 is 15.0 Å². The van der Waals surface area contributed by atoms with Crippen LogP contribution < -0.4 is 15.4 Å². The summed E-state index contributed by atoms with van der Waals surface area (Å²) in [6.07, 6.45) is 0. The second-order valence-electron chi connectivity index (χ2n) is 7.47. The average molecular weight is 500 g/mol. The third-order valence-corrected chi connectivity index (χ3v) is 6.75. The molecular formula is C22H21N5O5S2. The number of benzene rings is 2. The zero-order valence-corrected chi connectivity index (χ0v) is 19.9. The lowest BCUT2D eigenvalue weighted by Crippen LogP contribution is -2.20. The number of para-hydroxylation sites is 1. The van der Waals surface area contributed by atoms with Gasteiger partial charge in [0.15, 0.2) is 6.61 Å². The first-order valence-corrected chi connectivity index (χ1v) is 12.3. The fraction of sp³-hybridized carbons (Fsp3) is 0.136. The molecule has 4 rings (SSSR count). The smallest absolute Gasteiger partial charge is 0.348 e. The molecule has 1 amide bonds. The Hall–Kier alpha value is -3.74. The van der Waals surface area contributed by atoms with Crippen LogP contribution in [0.25, 0.3) is 16.0 Å². The van der Waals surface area contributed by atoms with E-state index in [1.807, 2.05) is 53.9 Å². The lowest BCUT2D eigenvalue weighted by Gasteiger charge is -2.14. The number of carbonyl (C=O) groups is 2. The van der Waals surface area contributed by atoms with E-state index >= 15 is 0 Å². The normalized spacial score (nSPS) is 11.4. The van der Waals surface area contributed by atoms with Crippen LogP contribution in [-0.4, -0.2) is 50.5 Å². The highest BCUT2D eigenvalue weighted by Crippen LogP contribution is 2.33. The number of ether oxygens (including phenoxy) is 1. The molecule has 0 spiro atoms. The Bertz CT molecular complexity index is 1460. The molecule has 0 radical (unpaired) electrons. The van der Waals surface area contributed by atoms with E-state index in [1.54, 1.807) is 6.07 Å². The number of rotatable bonds is 7. The van der Waals surface area contributed by atoms with Crippen molar-refractivity contribution in [3.8, 4) is 5.69 Å². The van der Waals surface area contributed by atoms with E-state index in [9.17, 15) is 18.0 Å². The van der Waals surface area contributed by atoms with E-state index in [2.05, 4.69) is 10.3 Å². The summed E-state index contributed by atoms with van der Waals surface area (Å²) in [6, 6.07) is 16.6. The summed E-state index contributed by atoms with van der Waals surface area (Å²) in [7, 11) is -0.0445. The zero-order valence-electron chi connectivity index (χ0n) is 18.3. The molecule has 0 aliphatic carbocycles. The minimum Gasteiger partial charge on any atom is -0.451 e. The minimum absolute atomic E-state index is 0.0766. The summed E-state index contributed by atoms with van der Waals surface area (Å²) in [5.41, 5.74) is 1.89. The number of aromatic nitrogens is 2. The van der Waals surface area contributed by atoms with E-state index in [4.69, 9.17) is 9.88 Å². The molecule has 176 valence electrons. The lowest BCUT2D eigenvalue weighted by atomic mass is 10.3. The van der Waals surface area contributed by atoms with Crippen LogP contribution in [0.15, 0.2) is 65.6 Å². The monoisotopic (exact) mass is 499 g/mol. The number of amides is 1. The molecular weight excluding hydrogens is 478 g/mol. The topological polar surface area (TPSA) is 137 Å². The van der Waals surface area contributed by atoms with Crippen LogP contribution in [0.1, 0.15) is 9.67 Å². The maximum atomic E-state index is 12.6. The fourth-order valence-corrected chi connectivity index (χ4v) is 4.72. The number of nitrogens with zero attached hydrogens (tertiary/aromatic N) is 3. The van der Waals surface area contributed by atoms with Crippen molar-refractivity contribution in [3.63, 3.8) is 0 Å². The number of hydrogen-bond donors (Lipinski definition) is 2. The molecule has 2 aromatic carbocycles. The Labute approximate surface area is 199 Å². The van der Waals surface area contributed by atoms with E-state index in [0.29, 0.717) is 16.1 Å². The molecule has 0 saturated heterocycles. The highest BCUT2D eigenvalue weighted by molar-refractivity contribution is 7.89. The number of anilines is 2. The Kier molecular flexibility index (Phi) is 6.37. The molecule has 3 N–H and O–H groups in total. The molecule has 0 saturated carbocycles. The first-order chi connectivity index (χ1) is 16.1. The Morgan fingerprint density at radius 2 is 1.79 bits per heavy atom. The van der Waals surface area contributed by atoms with Gasteiger partial charge in [-0.05, 0) is 42.5 Å². The van der Waals surface area contributed by atoms with Gasteiger partial charge in [-0.3, -0.25) is 9.36 Å². The predicted molar refractivity (Wildman–Crippen MR) is 130 cm³/mol. The van der Waals surface area contributed by atoms with E-state index in [0.717, 1.165) is 16.5 Å². The zero-order chi connectivity index (χ0) is 24.5. The van der Waals surface area contributed by atoms with Crippen LogP contribution in [0, 0.1) is 0 Å². The van der Waals surface area contributed by atoms with Crippen molar-refractivity contribution < 1.29 is 22.7 Å². The van der Waals surface area contributed by atoms with Gasteiger partial charge in [0.2, 0.25) is 16.0 Å². The predicted octanol–water partition coefficient (Wildman–Crippen LogP) is 2.60. The number of imidazole rings is 1. The van der Waals surface area contributed by atoms with E-state index in [-0.39, 0.29) is 4.90 Å². The van der Waals surface area contributed by atoms with Gasteiger partial charge in [0, 0.05) is 25.5 Å². The number of sulfonamides is 1. The molecule has 4 aromatic rings. The van der Waals surface area contributed by atoms with Crippen LogP contribution in [0.5, 0.6) is 0 Å². The molecule has 2 aromatic heterocycles. The number of fused-ring (bicyclic) bond motifs is 1. The summed E-state index contributed by atoms with van der Waals surface area (Å²) in [5, 5.41) is 7.58. The van der Waals surface area contributed by atoms with Crippen molar-refractivity contribution in [3.05, 3.63) is 65.5 Å². The molecule has 0 aliphatic rings.